The number of hydrogen-bond donors (Lipinski definition) is 1. The summed E-state index contributed by atoms with van der Waals surface area (Å²) in [6.07, 6.45) is 0. The van der Waals surface area contributed by atoms with Gasteiger partial charge in [0.05, 0.1) is 0 Å². The smallest absolute Gasteiger partial charge is 0.235 e. The van der Waals surface area contributed by atoms with Crippen molar-refractivity contribution in [3.8, 4) is 0 Å². The maximum Gasteiger partial charge on any atom is 0.235 e. The normalized spacial score (nSPS) is 17.9. The van der Waals surface area contributed by atoms with Crippen molar-refractivity contribution in [3.63, 3.8) is 0 Å². The lowest BCUT2D eigenvalue weighted by Gasteiger charge is -2.27. The fourth-order valence-electron chi connectivity index (χ4n) is 1.51. The molecule has 2 rings (SSSR count). The minimum absolute atomic E-state index is 0.317. The van der Waals surface area contributed by atoms with E-state index in [1.807, 2.05) is 0 Å². The molecular formula is C8H9Cl4N3S. The maximum absolute atomic E-state index is 6.17. The number of piperazine rings is 1. The highest BCUT2D eigenvalue weighted by molar-refractivity contribution is 7.11. The van der Waals surface area contributed by atoms with Gasteiger partial charge in [0.15, 0.2) is 0 Å². The predicted octanol–water partition coefficient (Wildman–Crippen LogP) is 3.03. The molecule has 0 saturated carbocycles. The SMILES string of the molecule is Clc1c(C(Cl)(Cl)Cl)nsc1N1CCNCC1. The first-order valence-electron chi connectivity index (χ1n) is 4.68. The van der Waals surface area contributed by atoms with Crippen LogP contribution in [0.4, 0.5) is 5.00 Å². The van der Waals surface area contributed by atoms with Crippen LogP contribution in [0, 0.1) is 0 Å². The van der Waals surface area contributed by atoms with Gasteiger partial charge in [-0.15, -0.1) is 0 Å². The zero-order valence-corrected chi connectivity index (χ0v) is 12.0. The Kier molecular flexibility index (Phi) is 4.10. The molecule has 1 aliphatic rings. The van der Waals surface area contributed by atoms with Gasteiger partial charge in [-0.1, -0.05) is 46.4 Å². The van der Waals surface area contributed by atoms with Gasteiger partial charge in [-0.25, -0.2) is 0 Å². The number of hydrogen-bond acceptors (Lipinski definition) is 4. The van der Waals surface area contributed by atoms with Gasteiger partial charge in [0, 0.05) is 26.2 Å². The van der Waals surface area contributed by atoms with E-state index in [0.29, 0.717) is 10.7 Å². The molecule has 0 unspecified atom stereocenters. The second kappa shape index (κ2) is 5.04. The van der Waals surface area contributed by atoms with Crippen LogP contribution in [0.15, 0.2) is 0 Å². The first-order valence-corrected chi connectivity index (χ1v) is 6.96. The molecule has 0 spiro atoms. The van der Waals surface area contributed by atoms with E-state index in [9.17, 15) is 0 Å². The summed E-state index contributed by atoms with van der Waals surface area (Å²) in [6, 6.07) is 0. The topological polar surface area (TPSA) is 28.2 Å². The van der Waals surface area contributed by atoms with Crippen molar-refractivity contribution >= 4 is 62.9 Å². The van der Waals surface area contributed by atoms with Gasteiger partial charge in [-0.2, -0.15) is 4.37 Å². The Bertz CT molecular complexity index is 370. The Labute approximate surface area is 118 Å². The third kappa shape index (κ3) is 2.68. The third-order valence-corrected chi connectivity index (χ3v) is 4.21. The van der Waals surface area contributed by atoms with Crippen molar-refractivity contribution in [2.24, 2.45) is 0 Å². The zero-order chi connectivity index (χ0) is 11.8. The van der Waals surface area contributed by atoms with Crippen LogP contribution >= 0.6 is 57.9 Å². The number of halogens is 4. The Hall–Kier alpha value is 0.550. The molecule has 1 aromatic heterocycles. The number of alkyl halides is 3. The van der Waals surface area contributed by atoms with E-state index in [2.05, 4.69) is 14.6 Å². The largest absolute Gasteiger partial charge is 0.358 e. The van der Waals surface area contributed by atoms with Crippen LogP contribution in [-0.4, -0.2) is 30.6 Å². The minimum atomic E-state index is -1.56. The van der Waals surface area contributed by atoms with Crippen molar-refractivity contribution in [2.45, 2.75) is 3.79 Å². The van der Waals surface area contributed by atoms with Crippen LogP contribution in [-0.2, 0) is 3.79 Å². The maximum atomic E-state index is 6.17. The summed E-state index contributed by atoms with van der Waals surface area (Å²) in [4.78, 5) is 2.15. The summed E-state index contributed by atoms with van der Waals surface area (Å²) in [6.45, 7) is 3.64. The van der Waals surface area contributed by atoms with E-state index >= 15 is 0 Å². The molecule has 8 heteroatoms. The molecule has 90 valence electrons. The fourth-order valence-corrected chi connectivity index (χ4v) is 3.55. The Morgan fingerprint density at radius 3 is 2.38 bits per heavy atom. The summed E-state index contributed by atoms with van der Waals surface area (Å²) in [5.74, 6) is 0. The molecule has 1 aromatic rings. The summed E-state index contributed by atoms with van der Waals surface area (Å²) in [7, 11) is 0. The monoisotopic (exact) mass is 319 g/mol. The van der Waals surface area contributed by atoms with Crippen molar-refractivity contribution in [1.29, 1.82) is 0 Å². The van der Waals surface area contributed by atoms with E-state index in [-0.39, 0.29) is 0 Å². The van der Waals surface area contributed by atoms with Gasteiger partial charge in [0.25, 0.3) is 0 Å². The molecule has 1 N–H and O–H groups in total. The van der Waals surface area contributed by atoms with Gasteiger partial charge in [-0.05, 0) is 11.5 Å². The lowest BCUT2D eigenvalue weighted by molar-refractivity contribution is 0.592. The van der Waals surface area contributed by atoms with E-state index in [4.69, 9.17) is 46.4 Å². The van der Waals surface area contributed by atoms with Crippen molar-refractivity contribution in [2.75, 3.05) is 31.1 Å². The summed E-state index contributed by atoms with van der Waals surface area (Å²) < 4.78 is 2.56. The lowest BCUT2D eigenvalue weighted by atomic mass is 10.3. The molecule has 1 aliphatic heterocycles. The van der Waals surface area contributed by atoms with Crippen molar-refractivity contribution in [1.82, 2.24) is 9.69 Å². The molecule has 0 atom stereocenters. The molecule has 0 aliphatic carbocycles. The number of aromatic nitrogens is 1. The van der Waals surface area contributed by atoms with Crippen molar-refractivity contribution < 1.29 is 0 Å². The molecular weight excluding hydrogens is 312 g/mol. The van der Waals surface area contributed by atoms with E-state index in [0.717, 1.165) is 31.2 Å². The first kappa shape index (κ1) is 13.0. The average Bonchev–Trinajstić information content (AvgIpc) is 2.61. The molecule has 3 nitrogen and oxygen atoms in total. The number of anilines is 1. The first-order chi connectivity index (χ1) is 7.50. The van der Waals surface area contributed by atoms with E-state index in [1.54, 1.807) is 0 Å². The van der Waals surface area contributed by atoms with Crippen LogP contribution < -0.4 is 10.2 Å². The molecule has 16 heavy (non-hydrogen) atoms. The van der Waals surface area contributed by atoms with Gasteiger partial charge in [-0.3, -0.25) is 0 Å². The van der Waals surface area contributed by atoms with Crippen LogP contribution in [0.2, 0.25) is 5.02 Å². The Morgan fingerprint density at radius 2 is 1.88 bits per heavy atom. The second-order valence-electron chi connectivity index (χ2n) is 3.39. The Balaban J connectivity index is 2.25. The number of nitrogens with one attached hydrogen (secondary N) is 1. The Morgan fingerprint density at radius 1 is 1.25 bits per heavy atom. The molecule has 0 amide bonds. The fraction of sp³-hybridized carbons (Fsp3) is 0.625. The van der Waals surface area contributed by atoms with E-state index < -0.39 is 3.79 Å². The summed E-state index contributed by atoms with van der Waals surface area (Å²) >= 11 is 24.8. The molecule has 0 radical (unpaired) electrons. The summed E-state index contributed by atoms with van der Waals surface area (Å²) in [5.41, 5.74) is 0.317. The molecule has 0 bridgehead atoms. The van der Waals surface area contributed by atoms with Crippen LogP contribution in [0.1, 0.15) is 5.69 Å². The molecule has 2 heterocycles. The quantitative estimate of drug-likeness (QED) is 0.806. The highest BCUT2D eigenvalue weighted by Gasteiger charge is 2.32. The average molecular weight is 321 g/mol. The van der Waals surface area contributed by atoms with Gasteiger partial charge in [0.2, 0.25) is 3.79 Å². The van der Waals surface area contributed by atoms with Gasteiger partial charge in [0.1, 0.15) is 15.7 Å². The molecule has 1 saturated heterocycles. The zero-order valence-electron chi connectivity index (χ0n) is 8.14. The highest BCUT2D eigenvalue weighted by Crippen LogP contribution is 2.46. The third-order valence-electron chi connectivity index (χ3n) is 2.29. The second-order valence-corrected chi connectivity index (χ2v) is 6.80. The molecule has 1 fully saturated rings. The van der Waals surface area contributed by atoms with Crippen LogP contribution in [0.5, 0.6) is 0 Å². The number of rotatable bonds is 1. The van der Waals surface area contributed by atoms with Gasteiger partial charge < -0.3 is 10.2 Å². The van der Waals surface area contributed by atoms with E-state index in [1.165, 1.54) is 11.5 Å². The van der Waals surface area contributed by atoms with Crippen LogP contribution in [0.25, 0.3) is 0 Å². The predicted molar refractivity (Wildman–Crippen MR) is 71.4 cm³/mol. The lowest BCUT2D eigenvalue weighted by Crippen LogP contribution is -2.43. The highest BCUT2D eigenvalue weighted by atomic mass is 35.6. The van der Waals surface area contributed by atoms with Crippen LogP contribution in [0.3, 0.4) is 0 Å². The number of nitrogens with zero attached hydrogens (tertiary/aromatic N) is 2. The minimum Gasteiger partial charge on any atom is -0.358 e. The van der Waals surface area contributed by atoms with Gasteiger partial charge >= 0.3 is 0 Å². The van der Waals surface area contributed by atoms with Crippen molar-refractivity contribution in [3.05, 3.63) is 10.7 Å². The molecule has 0 aromatic carbocycles. The summed E-state index contributed by atoms with van der Waals surface area (Å²) in [5, 5.41) is 4.59. The standard InChI is InChI=1S/C8H9Cl4N3S/c9-5-6(8(10,11)12)14-16-7(5)15-3-1-13-2-4-15/h13H,1-4H2.